The zero-order chi connectivity index (χ0) is 22.8. The number of aryl methyl sites for hydroxylation is 1. The van der Waals surface area contributed by atoms with Gasteiger partial charge in [-0.2, -0.15) is 0 Å². The van der Waals surface area contributed by atoms with Gasteiger partial charge in [0.2, 0.25) is 5.91 Å². The normalized spacial score (nSPS) is 23.1. The SMILES string of the molecule is Cc1cc(N(C)C)nc([C@@]2(C)CCCN(C(=O)C3(Cc4ccccc4)CCOCC3)C2)n1. The summed E-state index contributed by atoms with van der Waals surface area (Å²) in [6.07, 6.45) is 4.28. The number of rotatable bonds is 5. The minimum Gasteiger partial charge on any atom is -0.381 e. The van der Waals surface area contributed by atoms with Gasteiger partial charge in [0.15, 0.2) is 0 Å². The number of hydrogen-bond donors (Lipinski definition) is 0. The van der Waals surface area contributed by atoms with Crippen LogP contribution in [0.5, 0.6) is 0 Å². The van der Waals surface area contributed by atoms with E-state index < -0.39 is 0 Å². The van der Waals surface area contributed by atoms with Gasteiger partial charge in [-0.15, -0.1) is 0 Å². The van der Waals surface area contributed by atoms with Crippen molar-refractivity contribution in [3.05, 3.63) is 53.5 Å². The van der Waals surface area contributed by atoms with Crippen LogP contribution in [0.3, 0.4) is 0 Å². The third kappa shape index (κ3) is 4.65. The number of likely N-dealkylation sites (tertiary alicyclic amines) is 1. The van der Waals surface area contributed by atoms with Crippen molar-refractivity contribution in [2.24, 2.45) is 5.41 Å². The molecule has 3 heterocycles. The maximum absolute atomic E-state index is 14.1. The third-order valence-corrected chi connectivity index (χ3v) is 7.11. The van der Waals surface area contributed by atoms with Crippen LogP contribution in [-0.2, 0) is 21.4 Å². The quantitative estimate of drug-likeness (QED) is 0.714. The van der Waals surface area contributed by atoms with E-state index in [1.807, 2.05) is 38.1 Å². The Morgan fingerprint density at radius 2 is 1.84 bits per heavy atom. The predicted molar refractivity (Wildman–Crippen MR) is 127 cm³/mol. The van der Waals surface area contributed by atoms with Crippen LogP contribution in [0.15, 0.2) is 36.4 Å². The molecule has 0 radical (unpaired) electrons. The number of anilines is 1. The van der Waals surface area contributed by atoms with Crippen molar-refractivity contribution < 1.29 is 9.53 Å². The van der Waals surface area contributed by atoms with E-state index in [4.69, 9.17) is 14.7 Å². The molecule has 2 aromatic rings. The van der Waals surface area contributed by atoms with Crippen molar-refractivity contribution in [2.75, 3.05) is 45.3 Å². The second-order valence-electron chi connectivity index (χ2n) is 10.0. The Kier molecular flexibility index (Phi) is 6.52. The first-order valence-corrected chi connectivity index (χ1v) is 11.8. The zero-order valence-corrected chi connectivity index (χ0v) is 19.9. The summed E-state index contributed by atoms with van der Waals surface area (Å²) >= 11 is 0. The Labute approximate surface area is 192 Å². The Hall–Kier alpha value is -2.47. The van der Waals surface area contributed by atoms with Crippen molar-refractivity contribution >= 4 is 11.7 Å². The standard InChI is InChI=1S/C26H36N4O2/c1-20-17-22(29(3)4)28-23(27-20)25(2)11-8-14-30(19-25)24(31)26(12-15-32-16-13-26)18-21-9-6-5-7-10-21/h5-7,9-10,17H,8,11-16,18-19H2,1-4H3/t25-/m0/s1. The molecule has 1 atom stereocenters. The molecule has 0 unspecified atom stereocenters. The number of ether oxygens (including phenoxy) is 1. The number of benzene rings is 1. The molecule has 0 aliphatic carbocycles. The smallest absolute Gasteiger partial charge is 0.229 e. The highest BCUT2D eigenvalue weighted by Crippen LogP contribution is 2.40. The number of aromatic nitrogens is 2. The van der Waals surface area contributed by atoms with Gasteiger partial charge in [0.05, 0.1) is 5.41 Å². The highest BCUT2D eigenvalue weighted by atomic mass is 16.5. The van der Waals surface area contributed by atoms with Gasteiger partial charge >= 0.3 is 0 Å². The number of hydrogen-bond acceptors (Lipinski definition) is 5. The van der Waals surface area contributed by atoms with Gasteiger partial charge in [0, 0.05) is 57.6 Å². The highest BCUT2D eigenvalue weighted by molar-refractivity contribution is 5.83. The molecule has 1 aromatic heterocycles. The fourth-order valence-electron chi connectivity index (χ4n) is 5.20. The van der Waals surface area contributed by atoms with Crippen LogP contribution in [0.2, 0.25) is 0 Å². The van der Waals surface area contributed by atoms with Crippen molar-refractivity contribution in [1.29, 1.82) is 0 Å². The molecular formula is C26H36N4O2. The molecule has 0 saturated carbocycles. The second-order valence-corrected chi connectivity index (χ2v) is 10.0. The van der Waals surface area contributed by atoms with Crippen LogP contribution in [-0.4, -0.2) is 61.2 Å². The summed E-state index contributed by atoms with van der Waals surface area (Å²) in [7, 11) is 4.01. The molecule has 0 bridgehead atoms. The molecule has 6 heteroatoms. The van der Waals surface area contributed by atoms with Crippen LogP contribution >= 0.6 is 0 Å². The largest absolute Gasteiger partial charge is 0.381 e. The fraction of sp³-hybridized carbons (Fsp3) is 0.577. The highest BCUT2D eigenvalue weighted by Gasteiger charge is 2.46. The van der Waals surface area contributed by atoms with Gasteiger partial charge in [-0.1, -0.05) is 37.3 Å². The van der Waals surface area contributed by atoms with Crippen molar-refractivity contribution in [1.82, 2.24) is 14.9 Å². The summed E-state index contributed by atoms with van der Waals surface area (Å²) in [5, 5.41) is 0. The summed E-state index contributed by atoms with van der Waals surface area (Å²) in [6, 6.07) is 12.4. The van der Waals surface area contributed by atoms with Crippen molar-refractivity contribution in [2.45, 2.75) is 51.4 Å². The number of nitrogens with zero attached hydrogens (tertiary/aromatic N) is 4. The van der Waals surface area contributed by atoms with Gasteiger partial charge in [-0.25, -0.2) is 9.97 Å². The Morgan fingerprint density at radius 3 is 2.53 bits per heavy atom. The molecule has 0 spiro atoms. The molecule has 1 amide bonds. The lowest BCUT2D eigenvalue weighted by atomic mass is 9.72. The lowest BCUT2D eigenvalue weighted by Gasteiger charge is -2.45. The van der Waals surface area contributed by atoms with E-state index in [-0.39, 0.29) is 16.7 Å². The number of amides is 1. The summed E-state index contributed by atoms with van der Waals surface area (Å²) in [5.74, 6) is 2.04. The van der Waals surface area contributed by atoms with Crippen molar-refractivity contribution in [3.63, 3.8) is 0 Å². The van der Waals surface area contributed by atoms with Gasteiger partial charge in [0.25, 0.3) is 0 Å². The van der Waals surface area contributed by atoms with Gasteiger partial charge in [-0.05, 0) is 44.6 Å². The molecule has 2 fully saturated rings. The van der Waals surface area contributed by atoms with E-state index in [9.17, 15) is 4.79 Å². The number of carbonyl (C=O) groups excluding carboxylic acids is 1. The van der Waals surface area contributed by atoms with E-state index in [0.717, 1.165) is 56.0 Å². The van der Waals surface area contributed by atoms with Crippen LogP contribution in [0.1, 0.15) is 49.7 Å². The molecule has 4 rings (SSSR count). The Balaban J connectivity index is 1.60. The summed E-state index contributed by atoms with van der Waals surface area (Å²) in [6.45, 7) is 7.00. The molecule has 2 saturated heterocycles. The lowest BCUT2D eigenvalue weighted by Crippen LogP contribution is -2.54. The molecule has 172 valence electrons. The van der Waals surface area contributed by atoms with Crippen LogP contribution in [0.4, 0.5) is 5.82 Å². The summed E-state index contributed by atoms with van der Waals surface area (Å²) < 4.78 is 5.66. The molecule has 1 aromatic carbocycles. The first kappa shape index (κ1) is 22.7. The van der Waals surface area contributed by atoms with E-state index in [1.165, 1.54) is 5.56 Å². The summed E-state index contributed by atoms with van der Waals surface area (Å²) in [4.78, 5) is 27.9. The van der Waals surface area contributed by atoms with Gasteiger partial charge < -0.3 is 14.5 Å². The monoisotopic (exact) mass is 436 g/mol. The molecular weight excluding hydrogens is 400 g/mol. The lowest BCUT2D eigenvalue weighted by molar-refractivity contribution is -0.150. The topological polar surface area (TPSA) is 58.6 Å². The third-order valence-electron chi connectivity index (χ3n) is 7.11. The minimum atomic E-state index is -0.389. The first-order chi connectivity index (χ1) is 15.3. The van der Waals surface area contributed by atoms with E-state index >= 15 is 0 Å². The Bertz CT molecular complexity index is 940. The van der Waals surface area contributed by atoms with E-state index in [0.29, 0.717) is 19.8 Å². The number of piperidine rings is 1. The second kappa shape index (κ2) is 9.18. The maximum atomic E-state index is 14.1. The number of carbonyl (C=O) groups is 1. The van der Waals surface area contributed by atoms with Gasteiger partial charge in [-0.3, -0.25) is 4.79 Å². The molecule has 32 heavy (non-hydrogen) atoms. The van der Waals surface area contributed by atoms with Crippen LogP contribution < -0.4 is 4.90 Å². The molecule has 6 nitrogen and oxygen atoms in total. The van der Waals surface area contributed by atoms with Gasteiger partial charge in [0.1, 0.15) is 11.6 Å². The van der Waals surface area contributed by atoms with E-state index in [2.05, 4.69) is 36.1 Å². The maximum Gasteiger partial charge on any atom is 0.229 e. The molecule has 2 aliphatic rings. The van der Waals surface area contributed by atoms with Crippen molar-refractivity contribution in [3.8, 4) is 0 Å². The van der Waals surface area contributed by atoms with E-state index in [1.54, 1.807) is 0 Å². The average molecular weight is 437 g/mol. The first-order valence-electron chi connectivity index (χ1n) is 11.8. The average Bonchev–Trinajstić information content (AvgIpc) is 2.79. The predicted octanol–water partition coefficient (Wildman–Crippen LogP) is 3.77. The van der Waals surface area contributed by atoms with Crippen LogP contribution in [0.25, 0.3) is 0 Å². The molecule has 0 N–H and O–H groups in total. The summed E-state index contributed by atoms with van der Waals surface area (Å²) in [5.41, 5.74) is 1.55. The minimum absolute atomic E-state index is 0.246. The fourth-order valence-corrected chi connectivity index (χ4v) is 5.20. The zero-order valence-electron chi connectivity index (χ0n) is 19.9. The van der Waals surface area contributed by atoms with Crippen LogP contribution in [0, 0.1) is 12.3 Å². The molecule has 2 aliphatic heterocycles. The Morgan fingerprint density at radius 1 is 1.12 bits per heavy atom.